The zero-order chi connectivity index (χ0) is 16.5. The van der Waals surface area contributed by atoms with Crippen molar-refractivity contribution < 1.29 is 19.4 Å². The minimum Gasteiger partial charge on any atom is -0.384 e. The Hall–Kier alpha value is -0.410. The van der Waals surface area contributed by atoms with Gasteiger partial charge in [0.1, 0.15) is 6.10 Å². The first-order valence-corrected chi connectivity index (χ1v) is 8.30. The lowest BCUT2D eigenvalue weighted by Gasteiger charge is -2.28. The molecule has 6 nitrogen and oxygen atoms in total. The summed E-state index contributed by atoms with van der Waals surface area (Å²) >= 11 is 2.30. The van der Waals surface area contributed by atoms with Crippen molar-refractivity contribution in [1.29, 1.82) is 0 Å². The SMILES string of the molecule is COCC(C)(C)C(O)C(=O)NCCC(=O)NCCC(C)I. The van der Waals surface area contributed by atoms with E-state index < -0.39 is 17.4 Å². The first-order chi connectivity index (χ1) is 9.70. The monoisotopic (exact) mass is 414 g/mol. The molecule has 0 aromatic rings. The smallest absolute Gasteiger partial charge is 0.249 e. The number of rotatable bonds is 10. The van der Waals surface area contributed by atoms with Crippen LogP contribution in [-0.2, 0) is 14.3 Å². The van der Waals surface area contributed by atoms with Crippen LogP contribution in [0.15, 0.2) is 0 Å². The van der Waals surface area contributed by atoms with E-state index in [2.05, 4.69) is 40.1 Å². The fourth-order valence-corrected chi connectivity index (χ4v) is 2.01. The lowest BCUT2D eigenvalue weighted by atomic mass is 9.87. The van der Waals surface area contributed by atoms with Crippen LogP contribution in [0.5, 0.6) is 0 Å². The molecule has 0 bridgehead atoms. The van der Waals surface area contributed by atoms with Gasteiger partial charge in [0.2, 0.25) is 11.8 Å². The maximum absolute atomic E-state index is 11.8. The first kappa shape index (κ1) is 20.6. The van der Waals surface area contributed by atoms with Crippen molar-refractivity contribution in [2.75, 3.05) is 26.8 Å². The summed E-state index contributed by atoms with van der Waals surface area (Å²) < 4.78 is 5.49. The number of aliphatic hydroxyl groups excluding tert-OH is 1. The van der Waals surface area contributed by atoms with Gasteiger partial charge < -0.3 is 20.5 Å². The van der Waals surface area contributed by atoms with Crippen LogP contribution in [0.25, 0.3) is 0 Å². The Morgan fingerprint density at radius 3 is 2.43 bits per heavy atom. The molecule has 0 aromatic heterocycles. The molecule has 2 unspecified atom stereocenters. The maximum atomic E-state index is 11.8. The van der Waals surface area contributed by atoms with E-state index in [1.165, 1.54) is 7.11 Å². The van der Waals surface area contributed by atoms with Gasteiger partial charge in [-0.1, -0.05) is 43.4 Å². The molecule has 0 saturated heterocycles. The summed E-state index contributed by atoms with van der Waals surface area (Å²) in [5.41, 5.74) is -0.669. The number of methoxy groups -OCH3 is 1. The zero-order valence-corrected chi connectivity index (χ0v) is 15.4. The number of alkyl halides is 1. The Bertz CT molecular complexity index is 335. The van der Waals surface area contributed by atoms with Crippen molar-refractivity contribution in [3.8, 4) is 0 Å². The molecular weight excluding hydrogens is 387 g/mol. The van der Waals surface area contributed by atoms with E-state index in [9.17, 15) is 14.7 Å². The highest BCUT2D eigenvalue weighted by atomic mass is 127. The summed E-state index contributed by atoms with van der Waals surface area (Å²) in [6.07, 6.45) is -0.0400. The van der Waals surface area contributed by atoms with Gasteiger partial charge in [0.25, 0.3) is 0 Å². The van der Waals surface area contributed by atoms with Crippen molar-refractivity contribution in [3.05, 3.63) is 0 Å². The van der Waals surface area contributed by atoms with Gasteiger partial charge in [0, 0.05) is 36.0 Å². The van der Waals surface area contributed by atoms with Crippen LogP contribution in [-0.4, -0.2) is 53.8 Å². The second kappa shape index (κ2) is 10.3. The molecule has 2 amide bonds. The van der Waals surface area contributed by atoms with E-state index in [0.29, 0.717) is 10.5 Å². The molecule has 0 aliphatic heterocycles. The molecule has 0 rings (SSSR count). The standard InChI is InChI=1S/C14H27IN2O4/c1-10(15)5-7-16-11(18)6-8-17-13(20)12(19)14(2,3)9-21-4/h10,12,19H,5-9H2,1-4H3,(H,16,18)(H,17,20). The van der Waals surface area contributed by atoms with Crippen LogP contribution < -0.4 is 10.6 Å². The third kappa shape index (κ3) is 9.26. The molecular formula is C14H27IN2O4. The summed E-state index contributed by atoms with van der Waals surface area (Å²) in [6.45, 7) is 6.70. The number of aliphatic hydroxyl groups is 1. The summed E-state index contributed by atoms with van der Waals surface area (Å²) in [4.78, 5) is 23.3. The first-order valence-electron chi connectivity index (χ1n) is 7.06. The molecule has 0 aliphatic carbocycles. The van der Waals surface area contributed by atoms with E-state index in [1.807, 2.05) is 0 Å². The minimum atomic E-state index is -1.17. The number of carbonyl (C=O) groups excluding carboxylic acids is 2. The second-order valence-corrected chi connectivity index (χ2v) is 7.91. The predicted octanol–water partition coefficient (Wildman–Crippen LogP) is 0.856. The largest absolute Gasteiger partial charge is 0.384 e. The van der Waals surface area contributed by atoms with Gasteiger partial charge in [-0.3, -0.25) is 9.59 Å². The normalized spacial score (nSPS) is 14.4. The van der Waals surface area contributed by atoms with Crippen LogP contribution in [0.1, 0.15) is 33.6 Å². The highest BCUT2D eigenvalue weighted by molar-refractivity contribution is 14.1. The number of halogens is 1. The second-order valence-electron chi connectivity index (χ2n) is 5.78. The molecule has 2 atom stereocenters. The average Bonchev–Trinajstić information content (AvgIpc) is 2.37. The van der Waals surface area contributed by atoms with Crippen LogP contribution >= 0.6 is 22.6 Å². The lowest BCUT2D eigenvalue weighted by Crippen LogP contribution is -2.46. The molecule has 3 N–H and O–H groups in total. The molecule has 0 spiro atoms. The molecule has 0 aromatic carbocycles. The van der Waals surface area contributed by atoms with Crippen LogP contribution in [0.2, 0.25) is 0 Å². The van der Waals surface area contributed by atoms with Crippen LogP contribution in [0, 0.1) is 5.41 Å². The minimum absolute atomic E-state index is 0.0991. The number of hydrogen-bond donors (Lipinski definition) is 3. The quantitative estimate of drug-likeness (QED) is 0.366. The van der Waals surface area contributed by atoms with Gasteiger partial charge in [-0.2, -0.15) is 0 Å². The number of nitrogens with one attached hydrogen (secondary N) is 2. The Morgan fingerprint density at radius 1 is 1.29 bits per heavy atom. The summed E-state index contributed by atoms with van der Waals surface area (Å²) in [5, 5.41) is 15.3. The molecule has 0 heterocycles. The van der Waals surface area contributed by atoms with Crippen molar-refractivity contribution in [2.24, 2.45) is 5.41 Å². The molecule has 124 valence electrons. The number of carbonyl (C=O) groups is 2. The van der Waals surface area contributed by atoms with Gasteiger partial charge in [-0.05, 0) is 6.42 Å². The van der Waals surface area contributed by atoms with E-state index in [4.69, 9.17) is 4.74 Å². The summed E-state index contributed by atoms with van der Waals surface area (Å²) in [5.74, 6) is -0.580. The van der Waals surface area contributed by atoms with E-state index in [-0.39, 0.29) is 25.5 Å². The van der Waals surface area contributed by atoms with Crippen molar-refractivity contribution in [1.82, 2.24) is 10.6 Å². The van der Waals surface area contributed by atoms with Gasteiger partial charge >= 0.3 is 0 Å². The van der Waals surface area contributed by atoms with E-state index in [1.54, 1.807) is 13.8 Å². The molecule has 0 saturated carbocycles. The molecule has 7 heteroatoms. The van der Waals surface area contributed by atoms with Crippen LogP contribution in [0.4, 0.5) is 0 Å². The number of ether oxygens (including phenoxy) is 1. The highest BCUT2D eigenvalue weighted by Crippen LogP contribution is 2.20. The summed E-state index contributed by atoms with van der Waals surface area (Å²) in [6, 6.07) is 0. The van der Waals surface area contributed by atoms with E-state index in [0.717, 1.165) is 6.42 Å². The van der Waals surface area contributed by atoms with Gasteiger partial charge in [-0.15, -0.1) is 0 Å². The molecule has 0 aliphatic rings. The van der Waals surface area contributed by atoms with E-state index >= 15 is 0 Å². The number of amides is 2. The third-order valence-electron chi connectivity index (χ3n) is 3.02. The fourth-order valence-electron chi connectivity index (χ4n) is 1.70. The van der Waals surface area contributed by atoms with Gasteiger partial charge in [0.05, 0.1) is 6.61 Å². The number of hydrogen-bond acceptors (Lipinski definition) is 4. The Labute approximate surface area is 140 Å². The molecule has 0 fully saturated rings. The highest BCUT2D eigenvalue weighted by Gasteiger charge is 2.33. The Balaban J connectivity index is 3.95. The average molecular weight is 414 g/mol. The van der Waals surface area contributed by atoms with Gasteiger partial charge in [0.15, 0.2) is 0 Å². The third-order valence-corrected chi connectivity index (χ3v) is 3.64. The van der Waals surface area contributed by atoms with Crippen LogP contribution in [0.3, 0.4) is 0 Å². The predicted molar refractivity (Wildman–Crippen MR) is 90.4 cm³/mol. The Kier molecular flexibility index (Phi) is 10.1. The topological polar surface area (TPSA) is 87.7 Å². The van der Waals surface area contributed by atoms with Gasteiger partial charge in [-0.25, -0.2) is 0 Å². The molecule has 21 heavy (non-hydrogen) atoms. The van der Waals surface area contributed by atoms with Crippen molar-refractivity contribution >= 4 is 34.4 Å². The van der Waals surface area contributed by atoms with Crippen molar-refractivity contribution in [3.63, 3.8) is 0 Å². The summed E-state index contributed by atoms with van der Waals surface area (Å²) in [7, 11) is 1.52. The van der Waals surface area contributed by atoms with Crippen molar-refractivity contribution in [2.45, 2.75) is 43.6 Å². The lowest BCUT2D eigenvalue weighted by molar-refractivity contribution is -0.137. The maximum Gasteiger partial charge on any atom is 0.249 e. The fraction of sp³-hybridized carbons (Fsp3) is 0.857. The Morgan fingerprint density at radius 2 is 1.90 bits per heavy atom. The molecule has 0 radical (unpaired) electrons. The zero-order valence-electron chi connectivity index (χ0n) is 13.2.